The Balaban J connectivity index is 2.88. The minimum absolute atomic E-state index is 0.0151. The van der Waals surface area contributed by atoms with E-state index in [4.69, 9.17) is 4.74 Å². The predicted molar refractivity (Wildman–Crippen MR) is 84.6 cm³/mol. The van der Waals surface area contributed by atoms with Gasteiger partial charge in [-0.1, -0.05) is 46.8 Å². The van der Waals surface area contributed by atoms with E-state index in [0.29, 0.717) is 6.61 Å². The van der Waals surface area contributed by atoms with Crippen LogP contribution in [0, 0.1) is 0 Å². The molecule has 3 heteroatoms. The Morgan fingerprint density at radius 1 is 1.25 bits per heavy atom. The first-order valence-corrected chi connectivity index (χ1v) is 7.52. The van der Waals surface area contributed by atoms with E-state index in [2.05, 4.69) is 51.2 Å². The molecule has 1 atom stereocenters. The van der Waals surface area contributed by atoms with E-state index in [0.717, 1.165) is 18.7 Å². The van der Waals surface area contributed by atoms with Crippen molar-refractivity contribution in [2.24, 2.45) is 0 Å². The summed E-state index contributed by atoms with van der Waals surface area (Å²) in [5, 5.41) is 12.5. The molecule has 0 aliphatic heterocycles. The SMILES string of the molecule is CCNC(CO)COc1ccc(CC)cc1C(C)(C)C. The van der Waals surface area contributed by atoms with Crippen molar-refractivity contribution in [2.45, 2.75) is 52.5 Å². The second-order valence-electron chi connectivity index (χ2n) is 6.18. The van der Waals surface area contributed by atoms with Crippen molar-refractivity contribution in [3.05, 3.63) is 29.3 Å². The van der Waals surface area contributed by atoms with Crippen LogP contribution in [-0.2, 0) is 11.8 Å². The molecule has 20 heavy (non-hydrogen) atoms. The van der Waals surface area contributed by atoms with Crippen LogP contribution in [0.15, 0.2) is 18.2 Å². The lowest BCUT2D eigenvalue weighted by molar-refractivity contribution is 0.183. The summed E-state index contributed by atoms with van der Waals surface area (Å²) in [6.45, 7) is 12.2. The molecule has 3 nitrogen and oxygen atoms in total. The molecular weight excluding hydrogens is 250 g/mol. The number of rotatable bonds is 7. The second kappa shape index (κ2) is 7.65. The summed E-state index contributed by atoms with van der Waals surface area (Å²) in [6.07, 6.45) is 1.03. The lowest BCUT2D eigenvalue weighted by Crippen LogP contribution is -2.37. The first kappa shape index (κ1) is 17.0. The van der Waals surface area contributed by atoms with E-state index in [-0.39, 0.29) is 18.1 Å². The highest BCUT2D eigenvalue weighted by atomic mass is 16.5. The van der Waals surface area contributed by atoms with Gasteiger partial charge in [-0.2, -0.15) is 0 Å². The van der Waals surface area contributed by atoms with Crippen LogP contribution in [0.2, 0.25) is 0 Å². The van der Waals surface area contributed by atoms with Crippen LogP contribution in [0.3, 0.4) is 0 Å². The number of ether oxygens (including phenoxy) is 1. The zero-order valence-corrected chi connectivity index (χ0v) is 13.5. The molecule has 114 valence electrons. The van der Waals surface area contributed by atoms with E-state index < -0.39 is 0 Å². The number of aliphatic hydroxyl groups is 1. The third-order valence-electron chi connectivity index (χ3n) is 3.41. The molecule has 1 rings (SSSR count). The van der Waals surface area contributed by atoms with Crippen LogP contribution >= 0.6 is 0 Å². The Kier molecular flexibility index (Phi) is 6.50. The highest BCUT2D eigenvalue weighted by Crippen LogP contribution is 2.32. The molecule has 0 aromatic heterocycles. The second-order valence-corrected chi connectivity index (χ2v) is 6.18. The first-order valence-electron chi connectivity index (χ1n) is 7.52. The van der Waals surface area contributed by atoms with Gasteiger partial charge >= 0.3 is 0 Å². The fraction of sp³-hybridized carbons (Fsp3) is 0.647. The molecule has 2 N–H and O–H groups in total. The molecule has 0 amide bonds. The quantitative estimate of drug-likeness (QED) is 0.806. The van der Waals surface area contributed by atoms with Crippen LogP contribution in [-0.4, -0.2) is 30.9 Å². The summed E-state index contributed by atoms with van der Waals surface area (Å²) in [7, 11) is 0. The van der Waals surface area contributed by atoms with Gasteiger partial charge in [-0.15, -0.1) is 0 Å². The van der Waals surface area contributed by atoms with E-state index in [1.165, 1.54) is 11.1 Å². The van der Waals surface area contributed by atoms with Crippen LogP contribution in [0.25, 0.3) is 0 Å². The van der Waals surface area contributed by atoms with Crippen molar-refractivity contribution in [3.8, 4) is 5.75 Å². The van der Waals surface area contributed by atoms with Gasteiger partial charge in [0.1, 0.15) is 12.4 Å². The Hall–Kier alpha value is -1.06. The highest BCUT2D eigenvalue weighted by Gasteiger charge is 2.20. The molecule has 0 fully saturated rings. The minimum atomic E-state index is -0.0151. The number of aryl methyl sites for hydroxylation is 1. The van der Waals surface area contributed by atoms with Crippen molar-refractivity contribution in [1.29, 1.82) is 0 Å². The van der Waals surface area contributed by atoms with Gasteiger partial charge in [0, 0.05) is 0 Å². The van der Waals surface area contributed by atoms with E-state index >= 15 is 0 Å². The van der Waals surface area contributed by atoms with Crippen LogP contribution in [0.5, 0.6) is 5.75 Å². The molecule has 0 heterocycles. The molecule has 1 aromatic rings. The first-order chi connectivity index (χ1) is 9.42. The Morgan fingerprint density at radius 3 is 2.45 bits per heavy atom. The van der Waals surface area contributed by atoms with Crippen molar-refractivity contribution < 1.29 is 9.84 Å². The summed E-state index contributed by atoms with van der Waals surface area (Å²) >= 11 is 0. The number of hydrogen-bond donors (Lipinski definition) is 2. The molecular formula is C17H29NO2. The molecule has 0 radical (unpaired) electrons. The number of hydrogen-bond acceptors (Lipinski definition) is 3. The van der Waals surface area contributed by atoms with E-state index in [1.807, 2.05) is 6.92 Å². The van der Waals surface area contributed by atoms with Gasteiger partial charge in [-0.05, 0) is 35.6 Å². The molecule has 0 saturated heterocycles. The van der Waals surface area contributed by atoms with Crippen molar-refractivity contribution in [2.75, 3.05) is 19.8 Å². The van der Waals surface area contributed by atoms with Crippen molar-refractivity contribution >= 4 is 0 Å². The van der Waals surface area contributed by atoms with Crippen LogP contribution in [0.1, 0.15) is 45.7 Å². The van der Waals surface area contributed by atoms with Gasteiger partial charge in [-0.3, -0.25) is 0 Å². The zero-order valence-electron chi connectivity index (χ0n) is 13.5. The molecule has 0 aliphatic rings. The van der Waals surface area contributed by atoms with Crippen molar-refractivity contribution in [1.82, 2.24) is 5.32 Å². The average molecular weight is 279 g/mol. The summed E-state index contributed by atoms with van der Waals surface area (Å²) in [5.74, 6) is 0.922. The van der Waals surface area contributed by atoms with Gasteiger partial charge < -0.3 is 15.2 Å². The normalized spacial score (nSPS) is 13.3. The topological polar surface area (TPSA) is 41.5 Å². The van der Waals surface area contributed by atoms with Gasteiger partial charge in [0.25, 0.3) is 0 Å². The molecule has 0 spiro atoms. The molecule has 0 bridgehead atoms. The monoisotopic (exact) mass is 279 g/mol. The molecule has 1 unspecified atom stereocenters. The molecule has 0 saturated carbocycles. The summed E-state index contributed by atoms with van der Waals surface area (Å²) in [4.78, 5) is 0. The number of nitrogens with one attached hydrogen (secondary N) is 1. The Morgan fingerprint density at radius 2 is 1.95 bits per heavy atom. The summed E-state index contributed by atoms with van der Waals surface area (Å²) < 4.78 is 5.95. The number of aliphatic hydroxyl groups excluding tert-OH is 1. The Labute approximate surface area is 123 Å². The number of likely N-dealkylation sites (N-methyl/N-ethyl adjacent to an activating group) is 1. The minimum Gasteiger partial charge on any atom is -0.492 e. The lowest BCUT2D eigenvalue weighted by Gasteiger charge is -2.25. The van der Waals surface area contributed by atoms with Gasteiger partial charge in [0.05, 0.1) is 12.6 Å². The fourth-order valence-electron chi connectivity index (χ4n) is 2.16. The third-order valence-corrected chi connectivity index (χ3v) is 3.41. The predicted octanol–water partition coefficient (Wildman–Crippen LogP) is 2.90. The zero-order chi connectivity index (χ0) is 15.2. The van der Waals surface area contributed by atoms with E-state index in [9.17, 15) is 5.11 Å². The van der Waals surface area contributed by atoms with Crippen LogP contribution < -0.4 is 10.1 Å². The van der Waals surface area contributed by atoms with E-state index in [1.54, 1.807) is 0 Å². The standard InChI is InChI=1S/C17H29NO2/c1-6-13-8-9-16(15(10-13)17(3,4)5)20-12-14(11-19)18-7-2/h8-10,14,18-19H,6-7,11-12H2,1-5H3. The number of benzene rings is 1. The maximum absolute atomic E-state index is 9.30. The highest BCUT2D eigenvalue weighted by molar-refractivity contribution is 5.41. The average Bonchev–Trinajstić information content (AvgIpc) is 2.42. The largest absolute Gasteiger partial charge is 0.492 e. The lowest BCUT2D eigenvalue weighted by atomic mass is 9.85. The van der Waals surface area contributed by atoms with Gasteiger partial charge in [0.2, 0.25) is 0 Å². The van der Waals surface area contributed by atoms with Crippen molar-refractivity contribution in [3.63, 3.8) is 0 Å². The smallest absolute Gasteiger partial charge is 0.123 e. The summed E-state index contributed by atoms with van der Waals surface area (Å²) in [6, 6.07) is 6.39. The maximum Gasteiger partial charge on any atom is 0.123 e. The third kappa shape index (κ3) is 4.80. The maximum atomic E-state index is 9.30. The Bertz CT molecular complexity index is 410. The molecule has 1 aromatic carbocycles. The summed E-state index contributed by atoms with van der Waals surface area (Å²) in [5.41, 5.74) is 2.60. The van der Waals surface area contributed by atoms with Gasteiger partial charge in [-0.25, -0.2) is 0 Å². The fourth-order valence-corrected chi connectivity index (χ4v) is 2.16. The molecule has 0 aliphatic carbocycles. The van der Waals surface area contributed by atoms with Crippen LogP contribution in [0.4, 0.5) is 0 Å². The van der Waals surface area contributed by atoms with Gasteiger partial charge in [0.15, 0.2) is 0 Å².